The van der Waals surface area contributed by atoms with Crippen LogP contribution in [0.4, 0.5) is 0 Å². The monoisotopic (exact) mass is 384 g/mol. The number of ether oxygens (including phenoxy) is 1. The molecule has 0 aliphatic carbocycles. The van der Waals surface area contributed by atoms with E-state index >= 15 is 0 Å². The Kier molecular flexibility index (Phi) is 6.74. The van der Waals surface area contributed by atoms with Gasteiger partial charge in [-0.1, -0.05) is 15.9 Å². The Morgan fingerprint density at radius 3 is 2.80 bits per heavy atom. The Balaban J connectivity index is 0.00000200. The molecule has 1 aliphatic heterocycles. The predicted octanol–water partition coefficient (Wildman–Crippen LogP) is 1.69. The second-order valence-electron chi connectivity index (χ2n) is 4.35. The van der Waals surface area contributed by atoms with Crippen LogP contribution in [-0.4, -0.2) is 35.2 Å². The molecule has 5 nitrogen and oxygen atoms in total. The maximum absolute atomic E-state index is 12.3. The van der Waals surface area contributed by atoms with Gasteiger partial charge in [0.25, 0.3) is 0 Å². The first kappa shape index (κ1) is 17.7. The zero-order valence-electron chi connectivity index (χ0n) is 11.1. The second-order valence-corrected chi connectivity index (χ2v) is 7.00. The number of hydrogen-bond donors (Lipinski definition) is 2. The minimum Gasteiger partial charge on any atom is -0.492 e. The van der Waals surface area contributed by atoms with Gasteiger partial charge in [-0.25, -0.2) is 13.1 Å². The normalized spacial score (nSPS) is 13.5. The first-order valence-corrected chi connectivity index (χ1v) is 8.41. The van der Waals surface area contributed by atoms with Crippen LogP contribution in [0.2, 0.25) is 0 Å². The topological polar surface area (TPSA) is 67.4 Å². The molecule has 20 heavy (non-hydrogen) atoms. The largest absolute Gasteiger partial charge is 0.492 e. The SMILES string of the molecule is CNCCCNS(=O)(=O)c1cc(Br)cc2c1OCC2.Cl. The maximum atomic E-state index is 12.3. The van der Waals surface area contributed by atoms with Crippen molar-refractivity contribution in [1.29, 1.82) is 0 Å². The highest BCUT2D eigenvalue weighted by atomic mass is 79.9. The molecule has 0 fully saturated rings. The van der Waals surface area contributed by atoms with Crippen molar-refractivity contribution in [2.75, 3.05) is 26.7 Å². The van der Waals surface area contributed by atoms with Crippen LogP contribution in [0.15, 0.2) is 21.5 Å². The molecule has 1 aromatic carbocycles. The highest BCUT2D eigenvalue weighted by Gasteiger charge is 2.25. The van der Waals surface area contributed by atoms with Crippen LogP contribution in [0.1, 0.15) is 12.0 Å². The molecule has 0 bridgehead atoms. The quantitative estimate of drug-likeness (QED) is 0.731. The van der Waals surface area contributed by atoms with E-state index in [1.165, 1.54) is 0 Å². The standard InChI is InChI=1S/C12H17BrN2O3S.ClH/c1-14-4-2-5-15-19(16,17)11-8-10(13)7-9-3-6-18-12(9)11;/h7-8,14-15H,2-6H2,1H3;1H. The highest BCUT2D eigenvalue weighted by Crippen LogP contribution is 2.35. The van der Waals surface area contributed by atoms with E-state index in [0.29, 0.717) is 18.9 Å². The average molecular weight is 386 g/mol. The van der Waals surface area contributed by atoms with Gasteiger partial charge in [-0.3, -0.25) is 0 Å². The van der Waals surface area contributed by atoms with Gasteiger partial charge in [0.2, 0.25) is 10.0 Å². The molecule has 0 spiro atoms. The van der Waals surface area contributed by atoms with Crippen LogP contribution in [0.5, 0.6) is 5.75 Å². The van der Waals surface area contributed by atoms with E-state index < -0.39 is 10.0 Å². The van der Waals surface area contributed by atoms with Crippen LogP contribution >= 0.6 is 28.3 Å². The lowest BCUT2D eigenvalue weighted by Gasteiger charge is -2.11. The zero-order valence-corrected chi connectivity index (χ0v) is 14.3. The molecule has 0 radical (unpaired) electrons. The summed E-state index contributed by atoms with van der Waals surface area (Å²) in [6, 6.07) is 3.49. The van der Waals surface area contributed by atoms with Crippen molar-refractivity contribution in [3.8, 4) is 5.75 Å². The van der Waals surface area contributed by atoms with Crippen molar-refractivity contribution in [3.63, 3.8) is 0 Å². The van der Waals surface area contributed by atoms with E-state index in [1.54, 1.807) is 6.07 Å². The third-order valence-electron chi connectivity index (χ3n) is 2.90. The van der Waals surface area contributed by atoms with Crippen LogP contribution in [0.3, 0.4) is 0 Å². The number of halogens is 2. The molecule has 0 amide bonds. The minimum atomic E-state index is -3.52. The molecule has 0 saturated heterocycles. The van der Waals surface area contributed by atoms with Crippen molar-refractivity contribution in [2.45, 2.75) is 17.7 Å². The van der Waals surface area contributed by atoms with E-state index in [0.717, 1.165) is 29.4 Å². The third-order valence-corrected chi connectivity index (χ3v) is 4.82. The minimum absolute atomic E-state index is 0. The molecule has 8 heteroatoms. The summed E-state index contributed by atoms with van der Waals surface area (Å²) in [6.07, 6.45) is 1.49. The summed E-state index contributed by atoms with van der Waals surface area (Å²) >= 11 is 3.34. The number of benzene rings is 1. The molecule has 0 aromatic heterocycles. The zero-order chi connectivity index (χ0) is 13.9. The van der Waals surface area contributed by atoms with Crippen molar-refractivity contribution < 1.29 is 13.2 Å². The van der Waals surface area contributed by atoms with E-state index in [1.807, 2.05) is 13.1 Å². The molecular formula is C12H18BrClN2O3S. The number of nitrogens with one attached hydrogen (secondary N) is 2. The number of hydrogen-bond acceptors (Lipinski definition) is 4. The summed E-state index contributed by atoms with van der Waals surface area (Å²) in [4.78, 5) is 0.221. The maximum Gasteiger partial charge on any atom is 0.244 e. The van der Waals surface area contributed by atoms with Gasteiger partial charge >= 0.3 is 0 Å². The van der Waals surface area contributed by atoms with E-state index in [-0.39, 0.29) is 17.3 Å². The fourth-order valence-corrected chi connectivity index (χ4v) is 3.93. The molecule has 0 unspecified atom stereocenters. The van der Waals surface area contributed by atoms with Crippen LogP contribution in [-0.2, 0) is 16.4 Å². The van der Waals surface area contributed by atoms with Crippen molar-refractivity contribution in [3.05, 3.63) is 22.2 Å². The van der Waals surface area contributed by atoms with Gasteiger partial charge in [-0.2, -0.15) is 0 Å². The predicted molar refractivity (Wildman–Crippen MR) is 84.3 cm³/mol. The summed E-state index contributed by atoms with van der Waals surface area (Å²) < 4.78 is 33.4. The summed E-state index contributed by atoms with van der Waals surface area (Å²) in [6.45, 7) is 1.72. The van der Waals surface area contributed by atoms with Gasteiger partial charge in [-0.15, -0.1) is 12.4 Å². The van der Waals surface area contributed by atoms with Crippen molar-refractivity contribution >= 4 is 38.4 Å². The molecule has 114 valence electrons. The lowest BCUT2D eigenvalue weighted by Crippen LogP contribution is -2.27. The highest BCUT2D eigenvalue weighted by molar-refractivity contribution is 9.10. The molecule has 2 N–H and O–H groups in total. The van der Waals surface area contributed by atoms with Crippen LogP contribution in [0.25, 0.3) is 0 Å². The van der Waals surface area contributed by atoms with Gasteiger partial charge in [0.05, 0.1) is 6.61 Å². The summed E-state index contributed by atoms with van der Waals surface area (Å²) in [5.74, 6) is 0.490. The molecular weight excluding hydrogens is 368 g/mol. The summed E-state index contributed by atoms with van der Waals surface area (Å²) in [7, 11) is -1.68. The lowest BCUT2D eigenvalue weighted by atomic mass is 10.2. The Labute approximate surface area is 134 Å². The van der Waals surface area contributed by atoms with Crippen LogP contribution < -0.4 is 14.8 Å². The van der Waals surface area contributed by atoms with Gasteiger partial charge < -0.3 is 10.1 Å². The molecule has 1 aromatic rings. The van der Waals surface area contributed by atoms with Crippen molar-refractivity contribution in [2.24, 2.45) is 0 Å². The van der Waals surface area contributed by atoms with Gasteiger partial charge in [-0.05, 0) is 32.1 Å². The first-order valence-electron chi connectivity index (χ1n) is 6.14. The van der Waals surface area contributed by atoms with Crippen molar-refractivity contribution in [1.82, 2.24) is 10.0 Å². The first-order chi connectivity index (χ1) is 9.04. The van der Waals surface area contributed by atoms with E-state index in [9.17, 15) is 8.42 Å². The van der Waals surface area contributed by atoms with Gasteiger partial charge in [0.15, 0.2) is 0 Å². The Morgan fingerprint density at radius 1 is 1.35 bits per heavy atom. The molecule has 2 rings (SSSR count). The summed E-state index contributed by atoms with van der Waals surface area (Å²) in [5, 5.41) is 2.98. The molecule has 0 saturated carbocycles. The second kappa shape index (κ2) is 7.61. The Morgan fingerprint density at radius 2 is 2.10 bits per heavy atom. The average Bonchev–Trinajstić information content (AvgIpc) is 2.81. The molecule has 0 atom stereocenters. The number of sulfonamides is 1. The van der Waals surface area contributed by atoms with E-state index in [4.69, 9.17) is 4.74 Å². The fraction of sp³-hybridized carbons (Fsp3) is 0.500. The smallest absolute Gasteiger partial charge is 0.244 e. The Hall–Kier alpha value is -0.340. The van der Waals surface area contributed by atoms with Gasteiger partial charge in [0.1, 0.15) is 10.6 Å². The lowest BCUT2D eigenvalue weighted by molar-refractivity contribution is 0.348. The number of rotatable bonds is 6. The van der Waals surface area contributed by atoms with Gasteiger partial charge in [0, 0.05) is 23.0 Å². The fourth-order valence-electron chi connectivity index (χ4n) is 1.98. The third kappa shape index (κ3) is 4.08. The Bertz CT molecular complexity index is 566. The van der Waals surface area contributed by atoms with E-state index in [2.05, 4.69) is 26.0 Å². The summed E-state index contributed by atoms with van der Waals surface area (Å²) in [5.41, 5.74) is 0.935. The molecule has 1 heterocycles. The number of fused-ring (bicyclic) bond motifs is 1. The van der Waals surface area contributed by atoms with Crippen LogP contribution in [0, 0.1) is 0 Å². The molecule has 1 aliphatic rings.